The predicted octanol–water partition coefficient (Wildman–Crippen LogP) is 2.99. The van der Waals surface area contributed by atoms with Gasteiger partial charge in [0.1, 0.15) is 5.82 Å². The minimum Gasteiger partial charge on any atom is -0.338 e. The third-order valence-corrected chi connectivity index (χ3v) is 1.92. The van der Waals surface area contributed by atoms with Crippen LogP contribution in [-0.2, 0) is 0 Å². The second-order valence-electron chi connectivity index (χ2n) is 2.95. The van der Waals surface area contributed by atoms with Crippen LogP contribution in [0.25, 0.3) is 17.1 Å². The van der Waals surface area contributed by atoms with Gasteiger partial charge in [-0.05, 0) is 24.6 Å². The number of nitrogens with zero attached hydrogens (tertiary/aromatic N) is 1. The first kappa shape index (κ1) is 8.05. The van der Waals surface area contributed by atoms with Crippen LogP contribution in [0.2, 0.25) is 0 Å². The third-order valence-electron chi connectivity index (χ3n) is 1.92. The molecular weight excluding hydrogens is 160 g/mol. The molecule has 0 saturated heterocycles. The number of rotatable bonds is 2. The molecule has 1 heterocycles. The van der Waals surface area contributed by atoms with E-state index < -0.39 is 0 Å². The van der Waals surface area contributed by atoms with Crippen molar-refractivity contribution < 1.29 is 0 Å². The van der Waals surface area contributed by atoms with Crippen molar-refractivity contribution in [1.29, 1.82) is 0 Å². The van der Waals surface area contributed by atoms with E-state index in [0.717, 1.165) is 23.3 Å². The molecule has 2 aromatic rings. The molecule has 1 aromatic carbocycles. The molecule has 13 heavy (non-hydrogen) atoms. The third kappa shape index (κ3) is 1.61. The monoisotopic (exact) mass is 172 g/mol. The molecule has 0 spiro atoms. The van der Waals surface area contributed by atoms with Gasteiger partial charge in [-0.3, -0.25) is 0 Å². The SMILES string of the molecule is CC/C=C/c1nc2ccccc2[nH]1. The second-order valence-corrected chi connectivity index (χ2v) is 2.95. The Hall–Kier alpha value is -1.57. The average molecular weight is 172 g/mol. The fourth-order valence-electron chi connectivity index (χ4n) is 1.28. The molecule has 0 aliphatic heterocycles. The van der Waals surface area contributed by atoms with Crippen molar-refractivity contribution in [3.8, 4) is 0 Å². The first-order valence-electron chi connectivity index (χ1n) is 4.51. The summed E-state index contributed by atoms with van der Waals surface area (Å²) in [7, 11) is 0. The van der Waals surface area contributed by atoms with Crippen molar-refractivity contribution in [1.82, 2.24) is 9.97 Å². The Balaban J connectivity index is 2.44. The molecule has 0 bridgehead atoms. The summed E-state index contributed by atoms with van der Waals surface area (Å²) in [6, 6.07) is 8.05. The number of hydrogen-bond donors (Lipinski definition) is 1. The summed E-state index contributed by atoms with van der Waals surface area (Å²) in [6.07, 6.45) is 5.15. The van der Waals surface area contributed by atoms with Crippen LogP contribution in [0.5, 0.6) is 0 Å². The Labute approximate surface area is 77.3 Å². The molecule has 0 aliphatic carbocycles. The predicted molar refractivity (Wildman–Crippen MR) is 55.4 cm³/mol. The number of H-pyrrole nitrogens is 1. The quantitative estimate of drug-likeness (QED) is 0.741. The molecule has 0 amide bonds. The number of nitrogens with one attached hydrogen (secondary N) is 1. The van der Waals surface area contributed by atoms with Crippen molar-refractivity contribution in [2.24, 2.45) is 0 Å². The number of hydrogen-bond acceptors (Lipinski definition) is 1. The van der Waals surface area contributed by atoms with Crippen molar-refractivity contribution in [3.05, 3.63) is 36.2 Å². The van der Waals surface area contributed by atoms with E-state index in [0.29, 0.717) is 0 Å². The van der Waals surface area contributed by atoms with Crippen molar-refractivity contribution in [2.75, 3.05) is 0 Å². The number of allylic oxidation sites excluding steroid dienone is 1. The Morgan fingerprint density at radius 2 is 2.23 bits per heavy atom. The number of para-hydroxylation sites is 2. The van der Waals surface area contributed by atoms with E-state index in [1.807, 2.05) is 30.3 Å². The molecule has 2 rings (SSSR count). The Kier molecular flexibility index (Phi) is 2.13. The Bertz CT molecular complexity index is 393. The van der Waals surface area contributed by atoms with E-state index in [1.165, 1.54) is 0 Å². The van der Waals surface area contributed by atoms with Gasteiger partial charge < -0.3 is 4.98 Å². The van der Waals surface area contributed by atoms with Crippen molar-refractivity contribution in [3.63, 3.8) is 0 Å². The molecule has 0 atom stereocenters. The standard InChI is InChI=1S/C11H12N2/c1-2-3-8-11-12-9-6-4-5-7-10(9)13-11/h3-8H,2H2,1H3,(H,12,13)/b8-3+. The highest BCUT2D eigenvalue weighted by Gasteiger charge is 1.96. The molecule has 0 aliphatic rings. The summed E-state index contributed by atoms with van der Waals surface area (Å²) >= 11 is 0. The summed E-state index contributed by atoms with van der Waals surface area (Å²) in [6.45, 7) is 2.11. The average Bonchev–Trinajstić information content (AvgIpc) is 2.57. The largest absolute Gasteiger partial charge is 0.338 e. The van der Waals surface area contributed by atoms with Crippen LogP contribution in [0.4, 0.5) is 0 Å². The van der Waals surface area contributed by atoms with Gasteiger partial charge >= 0.3 is 0 Å². The van der Waals surface area contributed by atoms with Crippen LogP contribution in [0.3, 0.4) is 0 Å². The summed E-state index contributed by atoms with van der Waals surface area (Å²) in [5.74, 6) is 0.933. The molecular formula is C11H12N2. The van der Waals surface area contributed by atoms with Crippen LogP contribution in [0.15, 0.2) is 30.3 Å². The Morgan fingerprint density at radius 3 is 3.00 bits per heavy atom. The van der Waals surface area contributed by atoms with Crippen LogP contribution in [-0.4, -0.2) is 9.97 Å². The smallest absolute Gasteiger partial charge is 0.130 e. The van der Waals surface area contributed by atoms with Crippen molar-refractivity contribution >= 4 is 17.1 Å². The van der Waals surface area contributed by atoms with Crippen LogP contribution < -0.4 is 0 Å². The zero-order valence-electron chi connectivity index (χ0n) is 7.62. The highest BCUT2D eigenvalue weighted by molar-refractivity contribution is 5.76. The van der Waals surface area contributed by atoms with Gasteiger partial charge in [-0.25, -0.2) is 4.98 Å². The number of fused-ring (bicyclic) bond motifs is 1. The molecule has 2 heteroatoms. The lowest BCUT2D eigenvalue weighted by Crippen LogP contribution is -1.71. The minimum absolute atomic E-state index is 0.933. The van der Waals surface area contributed by atoms with Crippen LogP contribution >= 0.6 is 0 Å². The first-order valence-corrected chi connectivity index (χ1v) is 4.51. The lowest BCUT2D eigenvalue weighted by Gasteiger charge is -1.81. The van der Waals surface area contributed by atoms with Gasteiger partial charge in [-0.2, -0.15) is 0 Å². The van der Waals surface area contributed by atoms with E-state index >= 15 is 0 Å². The van der Waals surface area contributed by atoms with Gasteiger partial charge in [-0.15, -0.1) is 0 Å². The number of imidazole rings is 1. The minimum atomic E-state index is 0.933. The summed E-state index contributed by atoms with van der Waals surface area (Å²) in [4.78, 5) is 7.64. The molecule has 0 saturated carbocycles. The van der Waals surface area contributed by atoms with E-state index in [2.05, 4.69) is 23.0 Å². The van der Waals surface area contributed by atoms with Crippen LogP contribution in [0.1, 0.15) is 19.2 Å². The van der Waals surface area contributed by atoms with E-state index in [1.54, 1.807) is 0 Å². The summed E-state index contributed by atoms with van der Waals surface area (Å²) in [5.41, 5.74) is 2.12. The zero-order valence-corrected chi connectivity index (χ0v) is 7.62. The maximum atomic E-state index is 4.41. The number of aromatic nitrogens is 2. The van der Waals surface area contributed by atoms with Gasteiger partial charge in [0.2, 0.25) is 0 Å². The maximum absolute atomic E-state index is 4.41. The lowest BCUT2D eigenvalue weighted by molar-refractivity contribution is 1.22. The number of benzene rings is 1. The lowest BCUT2D eigenvalue weighted by atomic mass is 10.3. The molecule has 0 unspecified atom stereocenters. The van der Waals surface area contributed by atoms with Gasteiger partial charge in [0, 0.05) is 0 Å². The maximum Gasteiger partial charge on any atom is 0.130 e. The molecule has 1 aromatic heterocycles. The van der Waals surface area contributed by atoms with Crippen LogP contribution in [0, 0.1) is 0 Å². The molecule has 0 fully saturated rings. The van der Waals surface area contributed by atoms with E-state index in [9.17, 15) is 0 Å². The van der Waals surface area contributed by atoms with Gasteiger partial charge in [-0.1, -0.05) is 25.1 Å². The molecule has 66 valence electrons. The molecule has 1 N–H and O–H groups in total. The first-order chi connectivity index (χ1) is 6.40. The topological polar surface area (TPSA) is 28.7 Å². The van der Waals surface area contributed by atoms with Crippen molar-refractivity contribution in [2.45, 2.75) is 13.3 Å². The van der Waals surface area contributed by atoms with E-state index in [-0.39, 0.29) is 0 Å². The Morgan fingerprint density at radius 1 is 1.38 bits per heavy atom. The second kappa shape index (κ2) is 3.44. The van der Waals surface area contributed by atoms with Gasteiger partial charge in [0.25, 0.3) is 0 Å². The van der Waals surface area contributed by atoms with E-state index in [4.69, 9.17) is 0 Å². The fraction of sp³-hybridized carbons (Fsp3) is 0.182. The molecule has 2 nitrogen and oxygen atoms in total. The van der Waals surface area contributed by atoms with Gasteiger partial charge in [0.15, 0.2) is 0 Å². The molecule has 0 radical (unpaired) electrons. The summed E-state index contributed by atoms with van der Waals surface area (Å²) in [5, 5.41) is 0. The zero-order chi connectivity index (χ0) is 9.10. The number of aromatic amines is 1. The summed E-state index contributed by atoms with van der Waals surface area (Å²) < 4.78 is 0. The van der Waals surface area contributed by atoms with Gasteiger partial charge in [0.05, 0.1) is 11.0 Å². The highest BCUT2D eigenvalue weighted by atomic mass is 14.9. The fourth-order valence-corrected chi connectivity index (χ4v) is 1.28. The normalized spacial score (nSPS) is 11.5. The highest BCUT2D eigenvalue weighted by Crippen LogP contribution is 2.10.